The molecule has 1 aromatic heterocycles. The lowest BCUT2D eigenvalue weighted by Crippen LogP contribution is -2.53. The standard InChI is InChI=1S/C17H27N3O/c1-12-9-13(2)19-16(15(12)10-18)20-8-7-17(21)6-4-3-5-14(17)11-20/h9,14,21H,3-8,10-11,18H2,1-2H3. The predicted molar refractivity (Wildman–Crippen MR) is 85.3 cm³/mol. The molecule has 1 aliphatic carbocycles. The molecule has 0 amide bonds. The first-order valence-electron chi connectivity index (χ1n) is 8.18. The third-order valence-electron chi connectivity index (χ3n) is 5.38. The summed E-state index contributed by atoms with van der Waals surface area (Å²) in [5, 5.41) is 10.8. The highest BCUT2D eigenvalue weighted by molar-refractivity contribution is 5.52. The van der Waals surface area contributed by atoms with Gasteiger partial charge in [-0.25, -0.2) is 4.98 Å². The Morgan fingerprint density at radius 3 is 2.95 bits per heavy atom. The summed E-state index contributed by atoms with van der Waals surface area (Å²) in [6.07, 6.45) is 5.37. The molecule has 1 saturated heterocycles. The predicted octanol–water partition coefficient (Wildman–Crippen LogP) is 2.29. The van der Waals surface area contributed by atoms with E-state index in [1.807, 2.05) is 6.92 Å². The molecule has 0 bridgehead atoms. The minimum Gasteiger partial charge on any atom is -0.389 e. The molecule has 0 aromatic carbocycles. The summed E-state index contributed by atoms with van der Waals surface area (Å²) < 4.78 is 0. The van der Waals surface area contributed by atoms with Gasteiger partial charge in [-0.05, 0) is 44.7 Å². The van der Waals surface area contributed by atoms with Gasteiger partial charge in [-0.2, -0.15) is 0 Å². The third kappa shape index (κ3) is 2.67. The monoisotopic (exact) mass is 289 g/mol. The highest BCUT2D eigenvalue weighted by Gasteiger charge is 2.43. The fourth-order valence-corrected chi connectivity index (χ4v) is 4.12. The van der Waals surface area contributed by atoms with Crippen LogP contribution in [-0.4, -0.2) is 28.8 Å². The van der Waals surface area contributed by atoms with Crippen LogP contribution in [0.5, 0.6) is 0 Å². The maximum Gasteiger partial charge on any atom is 0.133 e. The summed E-state index contributed by atoms with van der Waals surface area (Å²) in [5.74, 6) is 1.43. The van der Waals surface area contributed by atoms with E-state index in [2.05, 4.69) is 17.9 Å². The van der Waals surface area contributed by atoms with Gasteiger partial charge in [0.2, 0.25) is 0 Å². The molecule has 2 atom stereocenters. The highest BCUT2D eigenvalue weighted by atomic mass is 16.3. The Morgan fingerprint density at radius 2 is 2.19 bits per heavy atom. The van der Waals surface area contributed by atoms with Crippen LogP contribution in [0.3, 0.4) is 0 Å². The summed E-state index contributed by atoms with van der Waals surface area (Å²) >= 11 is 0. The van der Waals surface area contributed by atoms with Gasteiger partial charge in [0, 0.05) is 36.8 Å². The molecule has 4 nitrogen and oxygen atoms in total. The number of aliphatic hydroxyl groups is 1. The maximum atomic E-state index is 10.8. The van der Waals surface area contributed by atoms with E-state index >= 15 is 0 Å². The molecule has 2 heterocycles. The molecule has 1 aliphatic heterocycles. The average Bonchev–Trinajstić information content (AvgIpc) is 2.45. The van der Waals surface area contributed by atoms with Crippen LogP contribution in [0.4, 0.5) is 5.82 Å². The number of anilines is 1. The Labute approximate surface area is 127 Å². The van der Waals surface area contributed by atoms with Crippen molar-refractivity contribution >= 4 is 5.82 Å². The molecule has 3 rings (SSSR count). The van der Waals surface area contributed by atoms with Crippen molar-refractivity contribution in [3.8, 4) is 0 Å². The maximum absolute atomic E-state index is 10.8. The van der Waals surface area contributed by atoms with Gasteiger partial charge in [0.25, 0.3) is 0 Å². The van der Waals surface area contributed by atoms with Gasteiger partial charge >= 0.3 is 0 Å². The second-order valence-corrected chi connectivity index (χ2v) is 6.83. The second kappa shape index (κ2) is 5.58. The molecule has 2 aliphatic rings. The Balaban J connectivity index is 1.89. The van der Waals surface area contributed by atoms with E-state index in [9.17, 15) is 5.11 Å². The molecule has 1 aromatic rings. The van der Waals surface area contributed by atoms with Crippen molar-refractivity contribution < 1.29 is 5.11 Å². The van der Waals surface area contributed by atoms with Crippen molar-refractivity contribution in [3.05, 3.63) is 22.9 Å². The summed E-state index contributed by atoms with van der Waals surface area (Å²) in [7, 11) is 0. The van der Waals surface area contributed by atoms with Gasteiger partial charge in [0.15, 0.2) is 0 Å². The molecular formula is C17H27N3O. The Morgan fingerprint density at radius 1 is 1.38 bits per heavy atom. The van der Waals surface area contributed by atoms with Crippen molar-refractivity contribution in [2.75, 3.05) is 18.0 Å². The van der Waals surface area contributed by atoms with E-state index in [1.54, 1.807) is 0 Å². The number of nitrogens with two attached hydrogens (primary N) is 1. The van der Waals surface area contributed by atoms with Crippen molar-refractivity contribution in [1.29, 1.82) is 0 Å². The van der Waals surface area contributed by atoms with Crippen LogP contribution in [-0.2, 0) is 6.54 Å². The number of fused-ring (bicyclic) bond motifs is 1. The van der Waals surface area contributed by atoms with E-state index in [1.165, 1.54) is 18.4 Å². The zero-order valence-electron chi connectivity index (χ0n) is 13.2. The zero-order chi connectivity index (χ0) is 15.0. The number of hydrogen-bond donors (Lipinski definition) is 2. The van der Waals surface area contributed by atoms with Gasteiger partial charge in [-0.1, -0.05) is 12.8 Å². The molecule has 0 spiro atoms. The van der Waals surface area contributed by atoms with E-state index in [0.29, 0.717) is 12.5 Å². The number of aromatic nitrogens is 1. The molecule has 1 saturated carbocycles. The van der Waals surface area contributed by atoms with Crippen LogP contribution in [0, 0.1) is 19.8 Å². The van der Waals surface area contributed by atoms with Gasteiger partial charge in [-0.3, -0.25) is 0 Å². The minimum absolute atomic E-state index is 0.383. The lowest BCUT2D eigenvalue weighted by atomic mass is 9.71. The molecule has 3 N–H and O–H groups in total. The number of aryl methyl sites for hydroxylation is 2. The first kappa shape index (κ1) is 14.8. The molecule has 2 fully saturated rings. The van der Waals surface area contributed by atoms with Gasteiger partial charge in [-0.15, -0.1) is 0 Å². The SMILES string of the molecule is Cc1cc(C)c(CN)c(N2CCC3(O)CCCCC3C2)n1. The lowest BCUT2D eigenvalue weighted by Gasteiger charge is -2.48. The Hall–Kier alpha value is -1.13. The Kier molecular flexibility index (Phi) is 3.93. The van der Waals surface area contributed by atoms with Crippen molar-refractivity contribution in [2.24, 2.45) is 11.7 Å². The van der Waals surface area contributed by atoms with E-state index in [4.69, 9.17) is 10.7 Å². The van der Waals surface area contributed by atoms with E-state index in [0.717, 1.165) is 49.4 Å². The second-order valence-electron chi connectivity index (χ2n) is 6.83. The highest BCUT2D eigenvalue weighted by Crippen LogP contribution is 2.41. The first-order chi connectivity index (χ1) is 10.0. The average molecular weight is 289 g/mol. The molecule has 0 radical (unpaired) electrons. The zero-order valence-corrected chi connectivity index (χ0v) is 13.2. The first-order valence-corrected chi connectivity index (χ1v) is 8.18. The van der Waals surface area contributed by atoms with Crippen molar-refractivity contribution in [1.82, 2.24) is 4.98 Å². The molecule has 116 valence electrons. The number of hydrogen-bond acceptors (Lipinski definition) is 4. The van der Waals surface area contributed by atoms with Crippen molar-refractivity contribution in [3.63, 3.8) is 0 Å². The van der Waals surface area contributed by atoms with Crippen LogP contribution >= 0.6 is 0 Å². The van der Waals surface area contributed by atoms with Gasteiger partial charge < -0.3 is 15.7 Å². The van der Waals surface area contributed by atoms with Crippen LogP contribution in [0.15, 0.2) is 6.07 Å². The third-order valence-corrected chi connectivity index (χ3v) is 5.38. The fourth-order valence-electron chi connectivity index (χ4n) is 4.12. The normalized spacial score (nSPS) is 29.3. The van der Waals surface area contributed by atoms with Crippen LogP contribution in [0.25, 0.3) is 0 Å². The number of rotatable bonds is 2. The lowest BCUT2D eigenvalue weighted by molar-refractivity contribution is -0.0613. The summed E-state index contributed by atoms with van der Waals surface area (Å²) in [6, 6.07) is 2.10. The summed E-state index contributed by atoms with van der Waals surface area (Å²) in [5.41, 5.74) is 8.94. The number of piperidine rings is 1. The van der Waals surface area contributed by atoms with Gasteiger partial charge in [0.05, 0.1) is 5.60 Å². The summed E-state index contributed by atoms with van der Waals surface area (Å²) in [6.45, 7) is 6.48. The van der Waals surface area contributed by atoms with Crippen LogP contribution in [0.1, 0.15) is 48.9 Å². The quantitative estimate of drug-likeness (QED) is 0.877. The van der Waals surface area contributed by atoms with Crippen LogP contribution < -0.4 is 10.6 Å². The fraction of sp³-hybridized carbons (Fsp3) is 0.706. The number of pyridine rings is 1. The molecule has 4 heteroatoms. The topological polar surface area (TPSA) is 62.4 Å². The Bertz CT molecular complexity index is 531. The largest absolute Gasteiger partial charge is 0.389 e. The van der Waals surface area contributed by atoms with Gasteiger partial charge in [0.1, 0.15) is 5.82 Å². The van der Waals surface area contributed by atoms with E-state index < -0.39 is 5.60 Å². The van der Waals surface area contributed by atoms with Crippen LogP contribution in [0.2, 0.25) is 0 Å². The minimum atomic E-state index is -0.434. The van der Waals surface area contributed by atoms with E-state index in [-0.39, 0.29) is 0 Å². The molecule has 21 heavy (non-hydrogen) atoms. The number of nitrogens with zero attached hydrogens (tertiary/aromatic N) is 2. The molecular weight excluding hydrogens is 262 g/mol. The summed E-state index contributed by atoms with van der Waals surface area (Å²) in [4.78, 5) is 7.11. The molecule has 2 unspecified atom stereocenters. The smallest absolute Gasteiger partial charge is 0.133 e. The van der Waals surface area contributed by atoms with Crippen molar-refractivity contribution in [2.45, 2.75) is 58.1 Å².